The van der Waals surface area contributed by atoms with Crippen LogP contribution in [0.5, 0.6) is 0 Å². The van der Waals surface area contributed by atoms with Gasteiger partial charge in [0.2, 0.25) is 0 Å². The van der Waals surface area contributed by atoms with Gasteiger partial charge in [-0.1, -0.05) is 6.92 Å². The quantitative estimate of drug-likeness (QED) is 0.855. The molecule has 2 heterocycles. The first-order valence-corrected chi connectivity index (χ1v) is 7.22. The monoisotopic (exact) mass is 299 g/mol. The zero-order valence-electron chi connectivity index (χ0n) is 11.1. The average Bonchev–Trinajstić information content (AvgIpc) is 2.98. The van der Waals surface area contributed by atoms with Crippen molar-refractivity contribution in [3.63, 3.8) is 0 Å². The number of nitrogens with one attached hydrogen (secondary N) is 1. The van der Waals surface area contributed by atoms with Crippen molar-refractivity contribution in [2.75, 3.05) is 26.3 Å². The number of amides is 2. The van der Waals surface area contributed by atoms with Crippen molar-refractivity contribution in [1.29, 1.82) is 0 Å². The summed E-state index contributed by atoms with van der Waals surface area (Å²) in [7, 11) is 0. The SMILES string of the molecule is CC(CNC(=O)N1CCOCC1C(=O)O)c1nccs1. The summed E-state index contributed by atoms with van der Waals surface area (Å²) in [5.74, 6) is -0.948. The Balaban J connectivity index is 1.88. The van der Waals surface area contributed by atoms with E-state index in [9.17, 15) is 9.59 Å². The normalized spacial score (nSPS) is 20.4. The van der Waals surface area contributed by atoms with Gasteiger partial charge in [0, 0.05) is 30.6 Å². The number of morpholine rings is 1. The molecule has 0 spiro atoms. The first-order valence-electron chi connectivity index (χ1n) is 6.34. The number of hydrogen-bond acceptors (Lipinski definition) is 5. The van der Waals surface area contributed by atoms with Crippen LogP contribution < -0.4 is 5.32 Å². The van der Waals surface area contributed by atoms with Gasteiger partial charge in [-0.05, 0) is 0 Å². The number of hydrogen-bond donors (Lipinski definition) is 2. The number of carboxylic acid groups (broad SMARTS) is 1. The van der Waals surface area contributed by atoms with Gasteiger partial charge < -0.3 is 20.1 Å². The van der Waals surface area contributed by atoms with Crippen molar-refractivity contribution >= 4 is 23.3 Å². The molecule has 110 valence electrons. The van der Waals surface area contributed by atoms with Crippen LogP contribution in [0.25, 0.3) is 0 Å². The molecule has 0 aliphatic carbocycles. The van der Waals surface area contributed by atoms with Crippen LogP contribution in [0.3, 0.4) is 0 Å². The minimum atomic E-state index is -1.05. The molecule has 1 aromatic heterocycles. The van der Waals surface area contributed by atoms with Crippen molar-refractivity contribution < 1.29 is 19.4 Å². The molecular formula is C12H17N3O4S. The zero-order chi connectivity index (χ0) is 14.5. The number of aliphatic carboxylic acids is 1. The van der Waals surface area contributed by atoms with E-state index in [1.807, 2.05) is 12.3 Å². The molecule has 2 atom stereocenters. The number of nitrogens with zero attached hydrogens (tertiary/aromatic N) is 2. The van der Waals surface area contributed by atoms with Gasteiger partial charge >= 0.3 is 12.0 Å². The van der Waals surface area contributed by atoms with Gasteiger partial charge in [0.15, 0.2) is 6.04 Å². The predicted molar refractivity (Wildman–Crippen MR) is 72.9 cm³/mol. The fourth-order valence-electron chi connectivity index (χ4n) is 1.96. The second-order valence-corrected chi connectivity index (χ2v) is 5.51. The Morgan fingerprint density at radius 1 is 1.70 bits per heavy atom. The topological polar surface area (TPSA) is 91.8 Å². The molecule has 1 aromatic rings. The van der Waals surface area contributed by atoms with Gasteiger partial charge in [-0.15, -0.1) is 11.3 Å². The van der Waals surface area contributed by atoms with Gasteiger partial charge in [-0.3, -0.25) is 0 Å². The third-order valence-electron chi connectivity index (χ3n) is 3.11. The van der Waals surface area contributed by atoms with Crippen molar-refractivity contribution in [3.8, 4) is 0 Å². The molecule has 2 amide bonds. The second-order valence-electron chi connectivity index (χ2n) is 4.58. The Bertz CT molecular complexity index is 465. The van der Waals surface area contributed by atoms with E-state index in [1.165, 1.54) is 16.2 Å². The molecule has 8 heteroatoms. The summed E-state index contributed by atoms with van der Waals surface area (Å²) in [6, 6.07) is -1.29. The maximum absolute atomic E-state index is 12.1. The van der Waals surface area contributed by atoms with Crippen molar-refractivity contribution in [1.82, 2.24) is 15.2 Å². The molecule has 0 radical (unpaired) electrons. The number of carbonyl (C=O) groups is 2. The Labute approximate surface area is 120 Å². The van der Waals surface area contributed by atoms with E-state index in [2.05, 4.69) is 10.3 Å². The fraction of sp³-hybridized carbons (Fsp3) is 0.583. The molecule has 7 nitrogen and oxygen atoms in total. The summed E-state index contributed by atoms with van der Waals surface area (Å²) in [5, 5.41) is 14.7. The van der Waals surface area contributed by atoms with E-state index in [4.69, 9.17) is 9.84 Å². The number of thiazole rings is 1. The highest BCUT2D eigenvalue weighted by molar-refractivity contribution is 7.09. The van der Waals surface area contributed by atoms with Crippen LogP contribution in [0.2, 0.25) is 0 Å². The van der Waals surface area contributed by atoms with Gasteiger partial charge in [0.1, 0.15) is 0 Å². The van der Waals surface area contributed by atoms with Crippen LogP contribution >= 0.6 is 11.3 Å². The van der Waals surface area contributed by atoms with Crippen LogP contribution in [-0.2, 0) is 9.53 Å². The first kappa shape index (κ1) is 14.7. The number of urea groups is 1. The standard InChI is InChI=1S/C12H17N3O4S/c1-8(10-13-2-5-20-10)6-14-12(18)15-3-4-19-7-9(15)11(16)17/h2,5,8-9H,3-4,6-7H2,1H3,(H,14,18)(H,16,17). The molecule has 20 heavy (non-hydrogen) atoms. The molecular weight excluding hydrogens is 282 g/mol. The molecule has 2 unspecified atom stereocenters. The molecule has 2 rings (SSSR count). The Kier molecular flexibility index (Phi) is 4.91. The maximum atomic E-state index is 12.1. The van der Waals surface area contributed by atoms with Crippen molar-refractivity contribution in [3.05, 3.63) is 16.6 Å². The van der Waals surface area contributed by atoms with Crippen molar-refractivity contribution in [2.45, 2.75) is 18.9 Å². The van der Waals surface area contributed by atoms with Gasteiger partial charge in [-0.25, -0.2) is 14.6 Å². The highest BCUT2D eigenvalue weighted by Crippen LogP contribution is 2.16. The molecule has 1 fully saturated rings. The third-order valence-corrected chi connectivity index (χ3v) is 4.11. The minimum Gasteiger partial charge on any atom is -0.480 e. The molecule has 0 aromatic carbocycles. The van der Waals surface area contributed by atoms with Crippen LogP contribution in [0, 0.1) is 0 Å². The molecule has 1 saturated heterocycles. The number of rotatable bonds is 4. The highest BCUT2D eigenvalue weighted by Gasteiger charge is 2.32. The van der Waals surface area contributed by atoms with E-state index < -0.39 is 12.0 Å². The predicted octanol–water partition coefficient (Wildman–Crippen LogP) is 0.742. The Morgan fingerprint density at radius 3 is 3.15 bits per heavy atom. The average molecular weight is 299 g/mol. The molecule has 0 saturated carbocycles. The molecule has 1 aliphatic heterocycles. The Morgan fingerprint density at radius 2 is 2.50 bits per heavy atom. The summed E-state index contributed by atoms with van der Waals surface area (Å²) < 4.78 is 5.10. The van der Waals surface area contributed by atoms with Crippen LogP contribution in [0.4, 0.5) is 4.79 Å². The summed E-state index contributed by atoms with van der Waals surface area (Å²) in [6.07, 6.45) is 1.72. The lowest BCUT2D eigenvalue weighted by molar-refractivity contribution is -0.147. The third kappa shape index (κ3) is 3.45. The van der Waals surface area contributed by atoms with E-state index in [0.717, 1.165) is 5.01 Å². The van der Waals surface area contributed by atoms with Crippen LogP contribution in [0.1, 0.15) is 17.8 Å². The van der Waals surface area contributed by atoms with Crippen LogP contribution in [0.15, 0.2) is 11.6 Å². The number of ether oxygens (including phenoxy) is 1. The van der Waals surface area contributed by atoms with E-state index in [-0.39, 0.29) is 25.1 Å². The van der Waals surface area contributed by atoms with Gasteiger partial charge in [-0.2, -0.15) is 0 Å². The number of aromatic nitrogens is 1. The second kappa shape index (κ2) is 6.67. The van der Waals surface area contributed by atoms with Crippen molar-refractivity contribution in [2.24, 2.45) is 0 Å². The smallest absolute Gasteiger partial charge is 0.328 e. The molecule has 2 N–H and O–H groups in total. The summed E-state index contributed by atoms with van der Waals surface area (Å²) in [6.45, 7) is 3.07. The van der Waals surface area contributed by atoms with Gasteiger partial charge in [0.05, 0.1) is 18.2 Å². The summed E-state index contributed by atoms with van der Waals surface area (Å²) in [5.41, 5.74) is 0. The largest absolute Gasteiger partial charge is 0.480 e. The lowest BCUT2D eigenvalue weighted by Gasteiger charge is -2.33. The maximum Gasteiger partial charge on any atom is 0.328 e. The van der Waals surface area contributed by atoms with E-state index >= 15 is 0 Å². The first-order chi connectivity index (χ1) is 9.59. The lowest BCUT2D eigenvalue weighted by Crippen LogP contribution is -2.55. The van der Waals surface area contributed by atoms with Gasteiger partial charge in [0.25, 0.3) is 0 Å². The Hall–Kier alpha value is -1.67. The highest BCUT2D eigenvalue weighted by atomic mass is 32.1. The van der Waals surface area contributed by atoms with Crippen LogP contribution in [-0.4, -0.2) is 59.3 Å². The minimum absolute atomic E-state index is 0.0325. The lowest BCUT2D eigenvalue weighted by atomic mass is 10.2. The number of carbonyl (C=O) groups excluding carboxylic acids is 1. The molecule has 1 aliphatic rings. The summed E-state index contributed by atoms with van der Waals surface area (Å²) in [4.78, 5) is 28.6. The molecule has 0 bridgehead atoms. The van der Waals surface area contributed by atoms with E-state index in [1.54, 1.807) is 6.20 Å². The number of carboxylic acids is 1. The fourth-order valence-corrected chi connectivity index (χ4v) is 2.66. The zero-order valence-corrected chi connectivity index (χ0v) is 11.9. The van der Waals surface area contributed by atoms with E-state index in [0.29, 0.717) is 13.2 Å². The summed E-state index contributed by atoms with van der Waals surface area (Å²) >= 11 is 1.53.